The van der Waals surface area contributed by atoms with Gasteiger partial charge < -0.3 is 10.2 Å². The number of hydrogen-bond acceptors (Lipinski definition) is 5. The number of allylic oxidation sites excluding steroid dienone is 1. The number of thioether (sulfide) groups is 2. The Bertz CT molecular complexity index is 344. The average molecular weight is 336 g/mol. The lowest BCUT2D eigenvalue weighted by molar-refractivity contribution is -0.141. The van der Waals surface area contributed by atoms with Crippen LogP contribution in [0.15, 0.2) is 12.7 Å². The monoisotopic (exact) mass is 336 g/mol. The third kappa shape index (κ3) is 17.0. The summed E-state index contributed by atoms with van der Waals surface area (Å²) in [6.45, 7) is 8.32. The molecule has 0 heterocycles. The van der Waals surface area contributed by atoms with Gasteiger partial charge in [0.15, 0.2) is 5.12 Å². The first kappa shape index (κ1) is 22.3. The van der Waals surface area contributed by atoms with E-state index in [1.165, 1.54) is 6.92 Å². The predicted octanol–water partition coefficient (Wildman–Crippen LogP) is 3.00. The van der Waals surface area contributed by atoms with Crippen molar-refractivity contribution in [1.82, 2.24) is 0 Å². The Morgan fingerprint density at radius 2 is 1.57 bits per heavy atom. The molecule has 0 amide bonds. The van der Waals surface area contributed by atoms with Crippen LogP contribution >= 0.6 is 23.5 Å². The minimum absolute atomic E-state index is 0.0342. The van der Waals surface area contributed by atoms with Gasteiger partial charge in [0, 0.05) is 18.4 Å². The van der Waals surface area contributed by atoms with Crippen molar-refractivity contribution in [2.45, 2.75) is 27.2 Å². The fourth-order valence-corrected chi connectivity index (χ4v) is 2.44. The summed E-state index contributed by atoms with van der Waals surface area (Å²) in [6, 6.07) is 0. The summed E-state index contributed by atoms with van der Waals surface area (Å²) >= 11 is 2.71. The van der Waals surface area contributed by atoms with Crippen LogP contribution in [-0.4, -0.2) is 44.5 Å². The zero-order valence-electron chi connectivity index (χ0n) is 12.7. The molecule has 0 aromatic heterocycles. The van der Waals surface area contributed by atoms with E-state index < -0.39 is 17.9 Å². The number of hydrogen-bond donors (Lipinski definition) is 2. The normalized spacial score (nSPS) is 12.5. The van der Waals surface area contributed by atoms with Gasteiger partial charge in [-0.25, -0.2) is 0 Å². The summed E-state index contributed by atoms with van der Waals surface area (Å²) < 4.78 is 0. The summed E-state index contributed by atoms with van der Waals surface area (Å²) in [7, 11) is 0. The Kier molecular flexibility index (Phi) is 14.9. The van der Waals surface area contributed by atoms with Crippen molar-refractivity contribution >= 4 is 40.6 Å². The van der Waals surface area contributed by atoms with E-state index in [-0.39, 0.29) is 11.0 Å². The minimum Gasteiger partial charge on any atom is -0.481 e. The van der Waals surface area contributed by atoms with E-state index in [2.05, 4.69) is 6.58 Å². The molecule has 0 saturated carbocycles. The van der Waals surface area contributed by atoms with E-state index in [0.717, 1.165) is 23.9 Å². The molecule has 0 saturated heterocycles. The molecule has 2 atom stereocenters. The third-order valence-electron chi connectivity index (χ3n) is 2.21. The van der Waals surface area contributed by atoms with E-state index in [1.807, 2.05) is 6.08 Å². The van der Waals surface area contributed by atoms with Crippen LogP contribution in [0.4, 0.5) is 0 Å². The van der Waals surface area contributed by atoms with E-state index >= 15 is 0 Å². The number of aliphatic carboxylic acids is 2. The predicted molar refractivity (Wildman–Crippen MR) is 88.9 cm³/mol. The van der Waals surface area contributed by atoms with Crippen molar-refractivity contribution in [3.05, 3.63) is 12.7 Å². The van der Waals surface area contributed by atoms with Gasteiger partial charge in [0.2, 0.25) is 0 Å². The number of carbonyl (C=O) groups is 3. The molecule has 2 N–H and O–H groups in total. The highest BCUT2D eigenvalue weighted by atomic mass is 32.2. The van der Waals surface area contributed by atoms with Crippen molar-refractivity contribution in [2.24, 2.45) is 11.8 Å². The van der Waals surface area contributed by atoms with Gasteiger partial charge >= 0.3 is 11.9 Å². The van der Waals surface area contributed by atoms with Crippen molar-refractivity contribution in [1.29, 1.82) is 0 Å². The SMILES string of the molecule is C=CCCSC[C@@H](C)C(=O)O.CC(=O)SC[C@@H](C)C(=O)O. The molecular formula is C14H24O5S2. The molecular weight excluding hydrogens is 312 g/mol. The van der Waals surface area contributed by atoms with Crippen molar-refractivity contribution in [3.63, 3.8) is 0 Å². The third-order valence-corrected chi connectivity index (χ3v) is 4.55. The first-order valence-corrected chi connectivity index (χ1v) is 8.64. The van der Waals surface area contributed by atoms with Crippen LogP contribution in [0.25, 0.3) is 0 Å². The van der Waals surface area contributed by atoms with Crippen LogP contribution in [-0.2, 0) is 14.4 Å². The molecule has 5 nitrogen and oxygen atoms in total. The molecule has 0 aromatic carbocycles. The summed E-state index contributed by atoms with van der Waals surface area (Å²) in [5, 5.41) is 16.8. The maximum Gasteiger partial charge on any atom is 0.307 e. The highest BCUT2D eigenvalue weighted by Crippen LogP contribution is 2.09. The summed E-state index contributed by atoms with van der Waals surface area (Å²) in [5.74, 6) is -0.196. The lowest BCUT2D eigenvalue weighted by atomic mass is 10.2. The van der Waals surface area contributed by atoms with Gasteiger partial charge in [0.1, 0.15) is 0 Å². The summed E-state index contributed by atoms with van der Waals surface area (Å²) in [6.07, 6.45) is 2.80. The van der Waals surface area contributed by atoms with Gasteiger partial charge in [0.25, 0.3) is 0 Å². The second kappa shape index (κ2) is 14.0. The highest BCUT2D eigenvalue weighted by molar-refractivity contribution is 8.13. The number of carboxylic acid groups (broad SMARTS) is 2. The molecule has 0 rings (SSSR count). The van der Waals surface area contributed by atoms with Crippen LogP contribution in [0.5, 0.6) is 0 Å². The molecule has 0 aromatic rings. The number of carbonyl (C=O) groups excluding carboxylic acids is 1. The largest absolute Gasteiger partial charge is 0.481 e. The van der Waals surface area contributed by atoms with Gasteiger partial charge in [-0.05, 0) is 12.2 Å². The molecule has 0 radical (unpaired) electrons. The standard InChI is InChI=1S/C8H14O2S.C6H10O3S/c1-3-4-5-11-6-7(2)8(9)10;1-4(6(8)9)3-10-5(2)7/h3,7H,1,4-6H2,2H3,(H,9,10);4H,3H2,1-2H3,(H,8,9)/t7-;4-/m11/s1. The Morgan fingerprint density at radius 3 is 1.95 bits per heavy atom. The van der Waals surface area contributed by atoms with Gasteiger partial charge in [-0.3, -0.25) is 14.4 Å². The molecule has 0 spiro atoms. The highest BCUT2D eigenvalue weighted by Gasteiger charge is 2.11. The minimum atomic E-state index is -0.853. The van der Waals surface area contributed by atoms with Crippen LogP contribution < -0.4 is 0 Å². The Labute approximate surface area is 134 Å². The molecule has 0 aliphatic carbocycles. The smallest absolute Gasteiger partial charge is 0.307 e. The molecule has 0 aliphatic heterocycles. The Morgan fingerprint density at radius 1 is 1.10 bits per heavy atom. The second-order valence-corrected chi connectivity index (χ2v) is 6.78. The van der Waals surface area contributed by atoms with Crippen LogP contribution in [0.3, 0.4) is 0 Å². The first-order valence-electron chi connectivity index (χ1n) is 6.49. The van der Waals surface area contributed by atoms with Crippen molar-refractivity contribution in [2.75, 3.05) is 17.3 Å². The molecule has 0 fully saturated rings. The molecule has 0 bridgehead atoms. The lowest BCUT2D eigenvalue weighted by Gasteiger charge is -2.03. The fraction of sp³-hybridized carbons (Fsp3) is 0.643. The topological polar surface area (TPSA) is 91.7 Å². The van der Waals surface area contributed by atoms with E-state index in [9.17, 15) is 14.4 Å². The molecule has 7 heteroatoms. The molecule has 21 heavy (non-hydrogen) atoms. The van der Waals surface area contributed by atoms with Gasteiger partial charge in [-0.15, -0.1) is 6.58 Å². The zero-order chi connectivity index (χ0) is 16.8. The quantitative estimate of drug-likeness (QED) is 0.494. The summed E-state index contributed by atoms with van der Waals surface area (Å²) in [5.41, 5.74) is 0. The van der Waals surface area contributed by atoms with E-state index in [4.69, 9.17) is 10.2 Å². The van der Waals surface area contributed by atoms with Crippen LogP contribution in [0, 0.1) is 11.8 Å². The van der Waals surface area contributed by atoms with Crippen LogP contribution in [0.1, 0.15) is 27.2 Å². The molecule has 122 valence electrons. The van der Waals surface area contributed by atoms with Gasteiger partial charge in [0.05, 0.1) is 11.8 Å². The molecule has 0 unspecified atom stereocenters. The van der Waals surface area contributed by atoms with Crippen molar-refractivity contribution < 1.29 is 24.6 Å². The first-order chi connectivity index (χ1) is 9.72. The zero-order valence-corrected chi connectivity index (χ0v) is 14.3. The van der Waals surface area contributed by atoms with E-state index in [0.29, 0.717) is 11.5 Å². The lowest BCUT2D eigenvalue weighted by Crippen LogP contribution is -2.12. The van der Waals surface area contributed by atoms with Gasteiger partial charge in [-0.1, -0.05) is 31.7 Å². The van der Waals surface area contributed by atoms with E-state index in [1.54, 1.807) is 25.6 Å². The maximum atomic E-state index is 10.3. The summed E-state index contributed by atoms with van der Waals surface area (Å²) in [4.78, 5) is 30.9. The van der Waals surface area contributed by atoms with Gasteiger partial charge in [-0.2, -0.15) is 11.8 Å². The molecule has 0 aliphatic rings. The second-order valence-electron chi connectivity index (χ2n) is 4.43. The maximum absolute atomic E-state index is 10.3. The Hall–Kier alpha value is -0.950. The number of carboxylic acids is 2. The average Bonchev–Trinajstić information content (AvgIpc) is 2.41. The van der Waals surface area contributed by atoms with Crippen LogP contribution in [0.2, 0.25) is 0 Å². The Balaban J connectivity index is 0. The van der Waals surface area contributed by atoms with Crippen molar-refractivity contribution in [3.8, 4) is 0 Å². The number of rotatable bonds is 9. The fourth-order valence-electron chi connectivity index (χ4n) is 0.812.